The molecule has 2 fully saturated rings. The zero-order valence-electron chi connectivity index (χ0n) is 16.6. The summed E-state index contributed by atoms with van der Waals surface area (Å²) in [6.07, 6.45) is 2.33. The van der Waals surface area contributed by atoms with E-state index in [4.69, 9.17) is 9.47 Å². The number of nitrogens with one attached hydrogen (secondary N) is 1. The number of fused-ring (bicyclic) bond motifs is 1. The zero-order valence-corrected chi connectivity index (χ0v) is 16.6. The lowest BCUT2D eigenvalue weighted by Gasteiger charge is -2.41. The number of benzene rings is 1. The molecule has 1 aromatic heterocycles. The lowest BCUT2D eigenvalue weighted by molar-refractivity contribution is -0.0415. The number of carbonyl (C=O) groups excluding carboxylic acids is 1. The van der Waals surface area contributed by atoms with Crippen LogP contribution in [0, 0.1) is 0 Å². The zero-order chi connectivity index (χ0) is 19.5. The normalized spacial score (nSPS) is 21.6. The van der Waals surface area contributed by atoms with Gasteiger partial charge in [0.05, 0.1) is 25.3 Å². The Morgan fingerprint density at radius 2 is 2.04 bits per heavy atom. The Morgan fingerprint density at radius 3 is 2.79 bits per heavy atom. The summed E-state index contributed by atoms with van der Waals surface area (Å²) in [5.74, 6) is 0.585. The van der Waals surface area contributed by atoms with Gasteiger partial charge in [0, 0.05) is 49.4 Å². The van der Waals surface area contributed by atoms with Crippen LogP contribution < -0.4 is 10.1 Å². The lowest BCUT2D eigenvalue weighted by atomic mass is 10.0. The average molecular weight is 384 g/mol. The van der Waals surface area contributed by atoms with Gasteiger partial charge in [-0.25, -0.2) is 9.78 Å². The van der Waals surface area contributed by atoms with Crippen molar-refractivity contribution in [3.05, 3.63) is 30.3 Å². The summed E-state index contributed by atoms with van der Waals surface area (Å²) in [7, 11) is 1.60. The molecule has 1 N–H and O–H groups in total. The number of urea groups is 1. The van der Waals surface area contributed by atoms with E-state index < -0.39 is 0 Å². The number of nitrogens with zero attached hydrogens (tertiary/aromatic N) is 3. The maximum Gasteiger partial charge on any atom is 0.321 e. The number of aromatic nitrogens is 1. The lowest BCUT2D eigenvalue weighted by Crippen LogP contribution is -2.52. The first-order valence-electron chi connectivity index (χ1n) is 9.99. The second-order valence-corrected chi connectivity index (χ2v) is 7.59. The van der Waals surface area contributed by atoms with Gasteiger partial charge in [-0.1, -0.05) is 0 Å². The SMILES string of the molecule is COc1ccc2cc(NC(=O)N3CCC(N4CCOC(C)C4)CC3)ccc2n1. The molecule has 2 aromatic rings. The number of carbonyl (C=O) groups is 1. The molecule has 150 valence electrons. The molecule has 1 unspecified atom stereocenters. The molecule has 28 heavy (non-hydrogen) atoms. The number of rotatable bonds is 3. The molecule has 0 radical (unpaired) electrons. The molecule has 1 aromatic carbocycles. The molecule has 7 heteroatoms. The fourth-order valence-electron chi connectivity index (χ4n) is 4.11. The molecular formula is C21H28N4O3. The van der Waals surface area contributed by atoms with Gasteiger partial charge in [-0.15, -0.1) is 0 Å². The largest absolute Gasteiger partial charge is 0.481 e. The summed E-state index contributed by atoms with van der Waals surface area (Å²) in [5.41, 5.74) is 1.63. The van der Waals surface area contributed by atoms with Crippen molar-refractivity contribution in [2.45, 2.75) is 31.9 Å². The molecule has 0 aliphatic carbocycles. The topological polar surface area (TPSA) is 66.9 Å². The number of likely N-dealkylation sites (tertiary alicyclic amines) is 1. The van der Waals surface area contributed by atoms with Gasteiger partial charge < -0.3 is 19.7 Å². The van der Waals surface area contributed by atoms with Crippen molar-refractivity contribution >= 4 is 22.6 Å². The molecule has 0 bridgehead atoms. The molecule has 2 amide bonds. The van der Waals surface area contributed by atoms with Crippen LogP contribution in [0.4, 0.5) is 10.5 Å². The predicted molar refractivity (Wildman–Crippen MR) is 109 cm³/mol. The van der Waals surface area contributed by atoms with Crippen molar-refractivity contribution in [1.29, 1.82) is 0 Å². The van der Waals surface area contributed by atoms with E-state index in [1.54, 1.807) is 7.11 Å². The molecule has 4 rings (SSSR count). The van der Waals surface area contributed by atoms with Crippen molar-refractivity contribution < 1.29 is 14.3 Å². The van der Waals surface area contributed by atoms with Crippen LogP contribution in [0.2, 0.25) is 0 Å². The highest BCUT2D eigenvalue weighted by atomic mass is 16.5. The number of ether oxygens (including phenoxy) is 2. The maximum atomic E-state index is 12.7. The van der Waals surface area contributed by atoms with Crippen LogP contribution >= 0.6 is 0 Å². The Hall–Kier alpha value is -2.38. The van der Waals surface area contributed by atoms with Crippen LogP contribution in [0.5, 0.6) is 5.88 Å². The molecule has 3 heterocycles. The van der Waals surface area contributed by atoms with Gasteiger partial charge in [0.25, 0.3) is 0 Å². The van der Waals surface area contributed by atoms with Gasteiger partial charge in [0.15, 0.2) is 0 Å². The van der Waals surface area contributed by atoms with Crippen molar-refractivity contribution in [1.82, 2.24) is 14.8 Å². The van der Waals surface area contributed by atoms with Crippen LogP contribution in [-0.4, -0.2) is 72.9 Å². The minimum Gasteiger partial charge on any atom is -0.481 e. The molecule has 2 aliphatic heterocycles. The fourth-order valence-corrected chi connectivity index (χ4v) is 4.11. The van der Waals surface area contributed by atoms with Crippen LogP contribution in [0.15, 0.2) is 30.3 Å². The second kappa shape index (κ2) is 8.32. The van der Waals surface area contributed by atoms with Crippen LogP contribution in [-0.2, 0) is 4.74 Å². The third kappa shape index (κ3) is 4.20. The van der Waals surface area contributed by atoms with E-state index in [1.807, 2.05) is 35.2 Å². The number of morpholine rings is 1. The van der Waals surface area contributed by atoms with Gasteiger partial charge in [-0.2, -0.15) is 0 Å². The number of hydrogen-bond acceptors (Lipinski definition) is 5. The average Bonchev–Trinajstić information content (AvgIpc) is 2.73. The Labute approximate surface area is 165 Å². The number of methoxy groups -OCH3 is 1. The van der Waals surface area contributed by atoms with E-state index in [1.165, 1.54) is 0 Å². The highest BCUT2D eigenvalue weighted by Gasteiger charge is 2.29. The maximum absolute atomic E-state index is 12.7. The van der Waals surface area contributed by atoms with Crippen molar-refractivity contribution in [3.63, 3.8) is 0 Å². The van der Waals surface area contributed by atoms with Crippen LogP contribution in [0.1, 0.15) is 19.8 Å². The summed E-state index contributed by atoms with van der Waals surface area (Å²) in [6, 6.07) is 10.0. The van der Waals surface area contributed by atoms with Crippen LogP contribution in [0.3, 0.4) is 0 Å². The van der Waals surface area contributed by atoms with Crippen molar-refractivity contribution in [2.24, 2.45) is 0 Å². The molecule has 2 saturated heterocycles. The fraction of sp³-hybridized carbons (Fsp3) is 0.524. The van der Waals surface area contributed by atoms with Gasteiger partial charge in [0.1, 0.15) is 0 Å². The minimum atomic E-state index is -0.0328. The van der Waals surface area contributed by atoms with E-state index in [2.05, 4.69) is 22.1 Å². The number of piperidine rings is 1. The van der Waals surface area contributed by atoms with Gasteiger partial charge in [-0.3, -0.25) is 4.90 Å². The monoisotopic (exact) mass is 384 g/mol. The predicted octanol–water partition coefficient (Wildman–Crippen LogP) is 2.96. The first-order chi connectivity index (χ1) is 13.6. The van der Waals surface area contributed by atoms with Gasteiger partial charge in [0.2, 0.25) is 5.88 Å². The van der Waals surface area contributed by atoms with Crippen LogP contribution in [0.25, 0.3) is 10.9 Å². The van der Waals surface area contributed by atoms with Gasteiger partial charge >= 0.3 is 6.03 Å². The number of pyridine rings is 1. The number of amides is 2. The number of anilines is 1. The number of hydrogen-bond donors (Lipinski definition) is 1. The minimum absolute atomic E-state index is 0.0328. The standard InChI is InChI=1S/C21H28N4O3/c1-15-14-25(11-12-28-15)18-7-9-24(10-8-18)21(26)22-17-4-5-19-16(13-17)3-6-20(23-19)27-2/h3-6,13,15,18H,7-12,14H2,1-2H3,(H,22,26). The second-order valence-electron chi connectivity index (χ2n) is 7.59. The van der Waals surface area contributed by atoms with Crippen molar-refractivity contribution in [3.8, 4) is 5.88 Å². The van der Waals surface area contributed by atoms with E-state index in [-0.39, 0.29) is 6.03 Å². The third-order valence-corrected chi connectivity index (χ3v) is 5.66. The van der Waals surface area contributed by atoms with E-state index in [0.29, 0.717) is 18.0 Å². The molecule has 1 atom stereocenters. The summed E-state index contributed by atoms with van der Waals surface area (Å²) in [5, 5.41) is 4.00. The Balaban J connectivity index is 1.33. The third-order valence-electron chi connectivity index (χ3n) is 5.66. The van der Waals surface area contributed by atoms with E-state index >= 15 is 0 Å². The molecule has 0 saturated carbocycles. The summed E-state index contributed by atoms with van der Waals surface area (Å²) >= 11 is 0. The first-order valence-corrected chi connectivity index (χ1v) is 9.99. The summed E-state index contributed by atoms with van der Waals surface area (Å²) < 4.78 is 10.8. The van der Waals surface area contributed by atoms with E-state index in [0.717, 1.165) is 62.2 Å². The Morgan fingerprint density at radius 1 is 1.21 bits per heavy atom. The molecule has 0 spiro atoms. The molecular weight excluding hydrogens is 356 g/mol. The van der Waals surface area contributed by atoms with Crippen molar-refractivity contribution in [2.75, 3.05) is 45.2 Å². The van der Waals surface area contributed by atoms with Gasteiger partial charge in [-0.05, 0) is 44.0 Å². The quantitative estimate of drug-likeness (QED) is 0.881. The molecule has 7 nitrogen and oxygen atoms in total. The highest BCUT2D eigenvalue weighted by Crippen LogP contribution is 2.23. The van der Waals surface area contributed by atoms with E-state index in [9.17, 15) is 4.79 Å². The Kier molecular flexibility index (Phi) is 5.64. The highest BCUT2D eigenvalue weighted by molar-refractivity contribution is 5.92. The summed E-state index contributed by atoms with van der Waals surface area (Å²) in [6.45, 7) is 6.50. The summed E-state index contributed by atoms with van der Waals surface area (Å²) in [4.78, 5) is 21.5. The first kappa shape index (κ1) is 19.0. The Bertz CT molecular complexity index is 836. The smallest absolute Gasteiger partial charge is 0.321 e. The molecule has 2 aliphatic rings.